The fourth-order valence-electron chi connectivity index (χ4n) is 4.62. The molecule has 1 aliphatic heterocycles. The van der Waals surface area contributed by atoms with Crippen molar-refractivity contribution in [2.45, 2.75) is 19.0 Å². The van der Waals surface area contributed by atoms with Gasteiger partial charge >= 0.3 is 18.1 Å². The highest BCUT2D eigenvalue weighted by atomic mass is 19.4. The monoisotopic (exact) mass is 617 g/mol. The zero-order valence-electron chi connectivity index (χ0n) is 23.1. The van der Waals surface area contributed by atoms with Gasteiger partial charge in [0.25, 0.3) is 0 Å². The molecule has 0 radical (unpaired) electrons. The Labute approximate surface area is 246 Å². The van der Waals surface area contributed by atoms with E-state index in [2.05, 4.69) is 0 Å². The topological polar surface area (TPSA) is 115 Å². The molecule has 44 heavy (non-hydrogen) atoms. The van der Waals surface area contributed by atoms with E-state index >= 15 is 4.39 Å². The number of esters is 2. The Balaban J connectivity index is 1.98. The van der Waals surface area contributed by atoms with Gasteiger partial charge in [-0.2, -0.15) is 18.4 Å². The first-order valence-electron chi connectivity index (χ1n) is 12.4. The van der Waals surface area contributed by atoms with Crippen molar-refractivity contribution in [3.63, 3.8) is 0 Å². The Morgan fingerprint density at radius 1 is 0.932 bits per heavy atom. The summed E-state index contributed by atoms with van der Waals surface area (Å²) in [6.45, 7) is 1.26. The maximum atomic E-state index is 15.6. The second-order valence-electron chi connectivity index (χ2n) is 9.27. The van der Waals surface area contributed by atoms with E-state index in [1.54, 1.807) is 30.3 Å². The highest BCUT2D eigenvalue weighted by molar-refractivity contribution is 6.06. The van der Waals surface area contributed by atoms with Crippen LogP contribution >= 0.6 is 0 Å². The van der Waals surface area contributed by atoms with Gasteiger partial charge in [0.1, 0.15) is 23.1 Å². The molecule has 1 heterocycles. The predicted octanol–water partition coefficient (Wildman–Crippen LogP) is 6.12. The lowest BCUT2D eigenvalue weighted by molar-refractivity contribution is -0.139. The maximum Gasteiger partial charge on any atom is 0.416 e. The zero-order valence-corrected chi connectivity index (χ0v) is 23.1. The first-order chi connectivity index (χ1) is 20.7. The Bertz CT molecular complexity index is 1740. The van der Waals surface area contributed by atoms with Crippen molar-refractivity contribution in [1.82, 2.24) is 0 Å². The van der Waals surface area contributed by atoms with E-state index in [1.807, 2.05) is 6.07 Å². The molecule has 0 saturated carbocycles. The van der Waals surface area contributed by atoms with Crippen LogP contribution in [0.2, 0.25) is 0 Å². The van der Waals surface area contributed by atoms with Gasteiger partial charge in [0.05, 0.1) is 48.6 Å². The third-order valence-corrected chi connectivity index (χ3v) is 6.63. The van der Waals surface area contributed by atoms with Crippen LogP contribution < -0.4 is 15.4 Å². The van der Waals surface area contributed by atoms with E-state index in [0.29, 0.717) is 10.5 Å². The molecule has 14 heteroatoms. The number of allylic oxidation sites excluding steroid dienone is 1. The van der Waals surface area contributed by atoms with E-state index in [1.165, 1.54) is 6.92 Å². The highest BCUT2D eigenvalue weighted by Gasteiger charge is 2.44. The highest BCUT2D eigenvalue weighted by Crippen LogP contribution is 2.45. The van der Waals surface area contributed by atoms with E-state index < -0.39 is 81.3 Å². The van der Waals surface area contributed by atoms with Gasteiger partial charge in [-0.05, 0) is 36.2 Å². The van der Waals surface area contributed by atoms with Crippen molar-refractivity contribution in [1.29, 1.82) is 5.26 Å². The minimum Gasteiger partial charge on any atom is -0.466 e. The largest absolute Gasteiger partial charge is 0.466 e. The van der Waals surface area contributed by atoms with E-state index in [0.717, 1.165) is 26.4 Å². The molecule has 8 nitrogen and oxygen atoms in total. The number of halogens is 6. The Morgan fingerprint density at radius 3 is 2.05 bits per heavy atom. The number of nitrogens with two attached hydrogens (primary N) is 1. The smallest absolute Gasteiger partial charge is 0.416 e. The summed E-state index contributed by atoms with van der Waals surface area (Å²) in [6.07, 6.45) is -5.05. The number of hydrogen-bond acceptors (Lipinski definition) is 8. The van der Waals surface area contributed by atoms with Crippen LogP contribution in [0.3, 0.4) is 0 Å². The molecule has 0 amide bonds. The zero-order chi connectivity index (χ0) is 32.5. The average Bonchev–Trinajstić information content (AvgIpc) is 2.98. The number of rotatable bonds is 6. The number of nitrogens with zero attached hydrogens (tertiary/aromatic N) is 2. The molecule has 0 spiro atoms. The van der Waals surface area contributed by atoms with Crippen LogP contribution in [-0.2, 0) is 25.2 Å². The fourth-order valence-corrected chi connectivity index (χ4v) is 4.62. The normalized spacial score (nSPS) is 15.2. The van der Waals surface area contributed by atoms with Gasteiger partial charge in [-0.15, -0.1) is 0 Å². The summed E-state index contributed by atoms with van der Waals surface area (Å²) in [5, 5.41) is 10.1. The number of aryl methyl sites for hydroxylation is 1. The van der Waals surface area contributed by atoms with Crippen LogP contribution in [0.25, 0.3) is 0 Å². The van der Waals surface area contributed by atoms with Gasteiger partial charge in [-0.25, -0.2) is 22.8 Å². The first-order valence-corrected chi connectivity index (χ1v) is 12.4. The van der Waals surface area contributed by atoms with Crippen LogP contribution in [0.1, 0.15) is 22.6 Å². The molecule has 0 fully saturated rings. The van der Waals surface area contributed by atoms with Crippen LogP contribution in [-0.4, -0.2) is 26.2 Å². The summed E-state index contributed by atoms with van der Waals surface area (Å²) in [5.74, 6) is -10.3. The summed E-state index contributed by atoms with van der Waals surface area (Å²) in [5.41, 5.74) is 2.97. The number of carbonyl (C=O) groups excluding carboxylic acids is 2. The molecule has 228 valence electrons. The summed E-state index contributed by atoms with van der Waals surface area (Å²) >= 11 is 0. The Morgan fingerprint density at radius 2 is 1.52 bits per heavy atom. The number of hydrogen-bond donors (Lipinski definition) is 1. The molecule has 1 aliphatic rings. The Hall–Kier alpha value is -5.45. The van der Waals surface area contributed by atoms with Crippen molar-refractivity contribution in [3.8, 4) is 17.6 Å². The number of alkyl halides is 3. The molecule has 0 saturated heterocycles. The van der Waals surface area contributed by atoms with Gasteiger partial charge in [0.15, 0.2) is 17.4 Å². The summed E-state index contributed by atoms with van der Waals surface area (Å²) < 4.78 is 99.0. The number of nitriles is 1. The van der Waals surface area contributed by atoms with Gasteiger partial charge in [-0.1, -0.05) is 30.3 Å². The van der Waals surface area contributed by atoms with E-state index in [-0.39, 0.29) is 23.3 Å². The number of methoxy groups -OCH3 is 2. The van der Waals surface area contributed by atoms with Crippen molar-refractivity contribution < 1.29 is 50.1 Å². The number of anilines is 1. The first kappa shape index (κ1) is 31.5. The van der Waals surface area contributed by atoms with Crippen molar-refractivity contribution >= 4 is 17.6 Å². The molecule has 1 unspecified atom stereocenters. The third kappa shape index (κ3) is 5.63. The lowest BCUT2D eigenvalue weighted by Crippen LogP contribution is -2.41. The predicted molar refractivity (Wildman–Crippen MR) is 142 cm³/mol. The second-order valence-corrected chi connectivity index (χ2v) is 9.27. The summed E-state index contributed by atoms with van der Waals surface area (Å²) in [6, 6.07) is 11.5. The SMILES string of the molecule is COC(=O)C1=C(C(=O)OC)N(c2cc(Oc3c(F)cc(C(F)(F)F)cc3F)c(C)cc2F)C(N)=C(C#N)C1c1ccccc1. The average molecular weight is 618 g/mol. The molecule has 4 rings (SSSR count). The molecular formula is C30H21F6N3O5. The molecule has 3 aromatic rings. The van der Waals surface area contributed by atoms with Gasteiger partial charge in [0, 0.05) is 6.07 Å². The quantitative estimate of drug-likeness (QED) is 0.260. The molecule has 2 N–H and O–H groups in total. The molecular weight excluding hydrogens is 596 g/mol. The van der Waals surface area contributed by atoms with Gasteiger partial charge < -0.3 is 19.9 Å². The van der Waals surface area contributed by atoms with Crippen molar-refractivity contribution in [2.75, 3.05) is 19.1 Å². The van der Waals surface area contributed by atoms with Gasteiger partial charge in [-0.3, -0.25) is 4.90 Å². The lowest BCUT2D eigenvalue weighted by atomic mass is 9.81. The van der Waals surface area contributed by atoms with Crippen LogP contribution in [0, 0.1) is 35.7 Å². The van der Waals surface area contributed by atoms with Crippen molar-refractivity contribution in [3.05, 3.63) is 111 Å². The van der Waals surface area contributed by atoms with Gasteiger partial charge in [0.2, 0.25) is 0 Å². The summed E-state index contributed by atoms with van der Waals surface area (Å²) in [7, 11) is 1.98. The van der Waals surface area contributed by atoms with Crippen molar-refractivity contribution in [2.24, 2.45) is 5.73 Å². The number of benzene rings is 3. The standard InChI is InChI=1S/C30H21F6N3O5/c1-14-9-18(31)21(12-22(14)44-26-19(32)10-16(11-20(26)33)30(34,35)36)39-25(29(41)43-3)24(28(40)42-2)23(17(13-37)27(39)38)15-7-5-4-6-8-15/h4-12,23H,38H2,1-3H3. The van der Waals surface area contributed by atoms with E-state index in [4.69, 9.17) is 19.9 Å². The van der Waals surface area contributed by atoms with Crippen LogP contribution in [0.4, 0.5) is 32.0 Å². The minimum absolute atomic E-state index is 0.0210. The molecule has 0 aliphatic carbocycles. The molecule has 0 aromatic heterocycles. The van der Waals surface area contributed by atoms with Crippen LogP contribution in [0.5, 0.6) is 11.5 Å². The molecule has 3 aromatic carbocycles. The number of ether oxygens (including phenoxy) is 3. The second kappa shape index (κ2) is 12.0. The third-order valence-electron chi connectivity index (χ3n) is 6.63. The summed E-state index contributed by atoms with van der Waals surface area (Å²) in [4.78, 5) is 27.1. The fraction of sp³-hybridized carbons (Fsp3) is 0.167. The minimum atomic E-state index is -5.05. The van der Waals surface area contributed by atoms with E-state index in [9.17, 15) is 36.8 Å². The maximum absolute atomic E-state index is 15.6. The Kier molecular flexibility index (Phi) is 8.61. The molecule has 1 atom stereocenters. The lowest BCUT2D eigenvalue weighted by Gasteiger charge is -2.36. The van der Waals surface area contributed by atoms with Crippen LogP contribution in [0.15, 0.2) is 77.3 Å². The number of carbonyl (C=O) groups is 2. The molecule has 0 bridgehead atoms.